The van der Waals surface area contributed by atoms with Crippen molar-refractivity contribution in [1.82, 2.24) is 5.32 Å². The molecule has 2 atom stereocenters. The van der Waals surface area contributed by atoms with Gasteiger partial charge in [0.2, 0.25) is 0 Å². The normalized spacial score (nSPS) is 52.0. The van der Waals surface area contributed by atoms with E-state index in [2.05, 4.69) is 5.32 Å². The average molecular weight is 83.1 g/mol. The Balaban J connectivity index is 2.09. The summed E-state index contributed by atoms with van der Waals surface area (Å²) in [7, 11) is 0. The molecule has 2 rings (SSSR count). The third kappa shape index (κ3) is 0.243. The molecule has 1 nitrogen and oxygen atoms in total. The lowest BCUT2D eigenvalue weighted by atomic mass is 10.3. The number of rotatable bonds is 0. The predicted octanol–water partition coefficient (Wildman–Crippen LogP) is 0.368. The quantitative estimate of drug-likeness (QED) is 0.446. The largest absolute Gasteiger partial charge is 0.314 e. The second-order valence-corrected chi connectivity index (χ2v) is 2.35. The standard InChI is InChI=1S/C5H9N/c1-2-6-5-3-4(1)5/h4-6H,1-3H2/t4-,5?/m0/s1. The maximum Gasteiger partial charge on any atom is 0.00996 e. The molecule has 1 heterocycles. The fourth-order valence-electron chi connectivity index (χ4n) is 1.27. The molecular weight excluding hydrogens is 74.1 g/mol. The highest BCUT2D eigenvalue weighted by atomic mass is 15.0. The zero-order chi connectivity index (χ0) is 3.98. The fourth-order valence-corrected chi connectivity index (χ4v) is 1.27. The topological polar surface area (TPSA) is 12.0 Å². The van der Waals surface area contributed by atoms with Gasteiger partial charge in [-0.3, -0.25) is 0 Å². The molecule has 0 radical (unpaired) electrons. The molecular formula is C5H9N. The van der Waals surface area contributed by atoms with Gasteiger partial charge in [0.25, 0.3) is 0 Å². The first-order chi connectivity index (χ1) is 2.97. The molecule has 6 heavy (non-hydrogen) atoms. The van der Waals surface area contributed by atoms with Crippen molar-refractivity contribution in [2.24, 2.45) is 5.92 Å². The van der Waals surface area contributed by atoms with Gasteiger partial charge in [-0.2, -0.15) is 0 Å². The molecule has 0 aromatic carbocycles. The van der Waals surface area contributed by atoms with Crippen LogP contribution in [0.3, 0.4) is 0 Å². The third-order valence-corrected chi connectivity index (χ3v) is 1.84. The van der Waals surface area contributed by atoms with Crippen molar-refractivity contribution in [2.75, 3.05) is 6.54 Å². The average Bonchev–Trinajstić information content (AvgIpc) is 2.17. The number of hydrogen-bond donors (Lipinski definition) is 1. The molecule has 0 bridgehead atoms. The number of hydrogen-bond acceptors (Lipinski definition) is 1. The third-order valence-electron chi connectivity index (χ3n) is 1.84. The van der Waals surface area contributed by atoms with Crippen molar-refractivity contribution in [1.29, 1.82) is 0 Å². The van der Waals surface area contributed by atoms with E-state index >= 15 is 0 Å². The van der Waals surface area contributed by atoms with E-state index in [1.54, 1.807) is 0 Å². The molecule has 1 heteroatoms. The Morgan fingerprint density at radius 2 is 2.50 bits per heavy atom. The molecule has 1 saturated carbocycles. The van der Waals surface area contributed by atoms with E-state index in [0.29, 0.717) is 0 Å². The van der Waals surface area contributed by atoms with Crippen molar-refractivity contribution in [3.8, 4) is 0 Å². The summed E-state index contributed by atoms with van der Waals surface area (Å²) in [4.78, 5) is 0. The summed E-state index contributed by atoms with van der Waals surface area (Å²) in [5.74, 6) is 1.10. The molecule has 34 valence electrons. The van der Waals surface area contributed by atoms with Crippen LogP contribution in [0.2, 0.25) is 0 Å². The van der Waals surface area contributed by atoms with Gasteiger partial charge in [-0.05, 0) is 25.3 Å². The van der Waals surface area contributed by atoms with E-state index in [-0.39, 0.29) is 0 Å². The first-order valence-electron chi connectivity index (χ1n) is 2.70. The highest BCUT2D eigenvalue weighted by Crippen LogP contribution is 2.37. The Kier molecular flexibility index (Phi) is 0.396. The molecule has 0 spiro atoms. The molecule has 1 aliphatic carbocycles. The van der Waals surface area contributed by atoms with Crippen LogP contribution in [0, 0.1) is 5.92 Å². The second kappa shape index (κ2) is 0.784. The highest BCUT2D eigenvalue weighted by molar-refractivity contribution is 4.98. The molecule has 1 saturated heterocycles. The van der Waals surface area contributed by atoms with E-state index < -0.39 is 0 Å². The lowest BCUT2D eigenvalue weighted by Gasteiger charge is -1.86. The number of nitrogens with one attached hydrogen (secondary N) is 1. The SMILES string of the molecule is C1C[C@H]2CC2N1. The van der Waals surface area contributed by atoms with Crippen LogP contribution in [0.25, 0.3) is 0 Å². The molecule has 0 aromatic rings. The summed E-state index contributed by atoms with van der Waals surface area (Å²) in [6.45, 7) is 1.29. The molecule has 2 fully saturated rings. The Morgan fingerprint density at radius 1 is 1.50 bits per heavy atom. The Labute approximate surface area is 37.7 Å². The molecule has 1 unspecified atom stereocenters. The zero-order valence-electron chi connectivity index (χ0n) is 3.78. The Hall–Kier alpha value is -0.0400. The van der Waals surface area contributed by atoms with Crippen molar-refractivity contribution in [2.45, 2.75) is 18.9 Å². The first kappa shape index (κ1) is 3.03. The van der Waals surface area contributed by atoms with Crippen LogP contribution in [0.5, 0.6) is 0 Å². The minimum absolute atomic E-state index is 0.963. The molecule has 1 aliphatic heterocycles. The minimum Gasteiger partial charge on any atom is -0.314 e. The van der Waals surface area contributed by atoms with E-state index in [1.165, 1.54) is 19.4 Å². The van der Waals surface area contributed by atoms with Gasteiger partial charge in [-0.1, -0.05) is 0 Å². The van der Waals surface area contributed by atoms with Crippen molar-refractivity contribution in [3.63, 3.8) is 0 Å². The van der Waals surface area contributed by atoms with Crippen LogP contribution in [-0.4, -0.2) is 12.6 Å². The van der Waals surface area contributed by atoms with Crippen LogP contribution < -0.4 is 5.32 Å². The summed E-state index contributed by atoms with van der Waals surface area (Å²) in [6, 6.07) is 0.963. The van der Waals surface area contributed by atoms with Gasteiger partial charge in [0.15, 0.2) is 0 Å². The maximum absolute atomic E-state index is 3.39. The number of piperidine rings is 1. The van der Waals surface area contributed by atoms with E-state index in [0.717, 1.165) is 12.0 Å². The van der Waals surface area contributed by atoms with E-state index in [4.69, 9.17) is 0 Å². The molecule has 0 amide bonds. The van der Waals surface area contributed by atoms with Crippen molar-refractivity contribution >= 4 is 0 Å². The van der Waals surface area contributed by atoms with Crippen LogP contribution in [0.1, 0.15) is 12.8 Å². The van der Waals surface area contributed by atoms with Crippen molar-refractivity contribution < 1.29 is 0 Å². The summed E-state index contributed by atoms with van der Waals surface area (Å²) in [5, 5.41) is 3.39. The summed E-state index contributed by atoms with van der Waals surface area (Å²) < 4.78 is 0. The van der Waals surface area contributed by atoms with Gasteiger partial charge in [0.1, 0.15) is 0 Å². The Morgan fingerprint density at radius 3 is 2.67 bits per heavy atom. The molecule has 0 aromatic heterocycles. The van der Waals surface area contributed by atoms with Gasteiger partial charge in [0, 0.05) is 6.04 Å². The van der Waals surface area contributed by atoms with Crippen LogP contribution in [0.4, 0.5) is 0 Å². The maximum atomic E-state index is 3.39. The second-order valence-electron chi connectivity index (χ2n) is 2.35. The van der Waals surface area contributed by atoms with Crippen molar-refractivity contribution in [3.05, 3.63) is 0 Å². The van der Waals surface area contributed by atoms with Gasteiger partial charge < -0.3 is 5.32 Å². The number of fused-ring (bicyclic) bond motifs is 1. The van der Waals surface area contributed by atoms with Gasteiger partial charge in [-0.15, -0.1) is 0 Å². The van der Waals surface area contributed by atoms with E-state index in [9.17, 15) is 0 Å². The van der Waals surface area contributed by atoms with Crippen LogP contribution in [0.15, 0.2) is 0 Å². The lowest BCUT2D eigenvalue weighted by molar-refractivity contribution is 0.741. The smallest absolute Gasteiger partial charge is 0.00996 e. The van der Waals surface area contributed by atoms with Crippen LogP contribution >= 0.6 is 0 Å². The predicted molar refractivity (Wildman–Crippen MR) is 24.5 cm³/mol. The van der Waals surface area contributed by atoms with E-state index in [1.807, 2.05) is 0 Å². The lowest BCUT2D eigenvalue weighted by Crippen LogP contribution is -2.10. The highest BCUT2D eigenvalue weighted by Gasteiger charge is 2.40. The zero-order valence-corrected chi connectivity index (χ0v) is 3.78. The fraction of sp³-hybridized carbons (Fsp3) is 1.00. The summed E-state index contributed by atoms with van der Waals surface area (Å²) in [6.07, 6.45) is 2.92. The van der Waals surface area contributed by atoms with Gasteiger partial charge in [0.05, 0.1) is 0 Å². The first-order valence-corrected chi connectivity index (χ1v) is 2.70. The summed E-state index contributed by atoms with van der Waals surface area (Å²) >= 11 is 0. The summed E-state index contributed by atoms with van der Waals surface area (Å²) in [5.41, 5.74) is 0. The monoisotopic (exact) mass is 83.1 g/mol. The Bertz CT molecular complexity index is 62.3. The minimum atomic E-state index is 0.963. The van der Waals surface area contributed by atoms with Gasteiger partial charge >= 0.3 is 0 Å². The van der Waals surface area contributed by atoms with Gasteiger partial charge in [-0.25, -0.2) is 0 Å². The van der Waals surface area contributed by atoms with Crippen LogP contribution in [-0.2, 0) is 0 Å². The molecule has 2 aliphatic rings. The molecule has 1 N–H and O–H groups in total.